The second-order valence-electron chi connectivity index (χ2n) is 4.62. The van der Waals surface area contributed by atoms with Crippen LogP contribution in [0.4, 0.5) is 0 Å². The summed E-state index contributed by atoms with van der Waals surface area (Å²) in [5, 5.41) is 13.3. The number of nitrogens with zero attached hydrogens (tertiary/aromatic N) is 2. The molecular weight excluding hydrogens is 244 g/mol. The normalized spacial score (nSPS) is 14.4. The third-order valence-electron chi connectivity index (χ3n) is 3.27. The zero-order valence-electron chi connectivity index (χ0n) is 10.5. The Hall–Kier alpha value is -2.30. The predicted molar refractivity (Wildman–Crippen MR) is 69.1 cm³/mol. The smallest absolute Gasteiger partial charge is 0.356 e. The number of carboxylic acids is 1. The molecule has 1 aliphatic carbocycles. The molecule has 0 bridgehead atoms. The van der Waals surface area contributed by atoms with Crippen molar-refractivity contribution >= 4 is 5.97 Å². The van der Waals surface area contributed by atoms with E-state index >= 15 is 0 Å². The van der Waals surface area contributed by atoms with E-state index in [-0.39, 0.29) is 5.69 Å². The summed E-state index contributed by atoms with van der Waals surface area (Å²) >= 11 is 0. The van der Waals surface area contributed by atoms with Crippen LogP contribution in [0.25, 0.3) is 5.69 Å². The number of para-hydroxylation sites is 2. The Bertz CT molecular complexity index is 629. The SMILES string of the molecule is COc1ccccc1-n1nc(C(=O)O)cc1C1CC1. The topological polar surface area (TPSA) is 64.4 Å². The summed E-state index contributed by atoms with van der Waals surface area (Å²) in [5.41, 5.74) is 1.80. The summed E-state index contributed by atoms with van der Waals surface area (Å²) < 4.78 is 7.01. The van der Waals surface area contributed by atoms with Crippen LogP contribution in [0.15, 0.2) is 30.3 Å². The molecule has 1 aliphatic rings. The minimum atomic E-state index is -1.00. The van der Waals surface area contributed by atoms with Crippen LogP contribution in [0.5, 0.6) is 5.75 Å². The van der Waals surface area contributed by atoms with E-state index < -0.39 is 5.97 Å². The van der Waals surface area contributed by atoms with E-state index in [1.165, 1.54) is 0 Å². The largest absolute Gasteiger partial charge is 0.494 e. The highest BCUT2D eigenvalue weighted by molar-refractivity contribution is 5.85. The zero-order chi connectivity index (χ0) is 13.4. The Morgan fingerprint density at radius 3 is 2.79 bits per heavy atom. The molecule has 0 saturated heterocycles. The number of aromatic carboxylic acids is 1. The van der Waals surface area contributed by atoms with Crippen molar-refractivity contribution in [3.63, 3.8) is 0 Å². The average molecular weight is 258 g/mol. The van der Waals surface area contributed by atoms with E-state index in [1.807, 2.05) is 24.3 Å². The third kappa shape index (κ3) is 2.07. The first-order valence-corrected chi connectivity index (χ1v) is 6.17. The van der Waals surface area contributed by atoms with Gasteiger partial charge in [-0.15, -0.1) is 0 Å². The molecule has 0 amide bonds. The maximum atomic E-state index is 11.1. The third-order valence-corrected chi connectivity index (χ3v) is 3.27. The van der Waals surface area contributed by atoms with Gasteiger partial charge in [-0.25, -0.2) is 9.48 Å². The fourth-order valence-electron chi connectivity index (χ4n) is 2.17. The van der Waals surface area contributed by atoms with Gasteiger partial charge >= 0.3 is 5.97 Å². The van der Waals surface area contributed by atoms with Crippen molar-refractivity contribution in [3.8, 4) is 11.4 Å². The predicted octanol–water partition coefficient (Wildman–Crippen LogP) is 2.46. The van der Waals surface area contributed by atoms with Gasteiger partial charge in [0.15, 0.2) is 5.69 Å². The zero-order valence-corrected chi connectivity index (χ0v) is 10.5. The molecular formula is C14H14N2O3. The lowest BCUT2D eigenvalue weighted by Crippen LogP contribution is -2.05. The molecule has 1 aromatic heterocycles. The Morgan fingerprint density at radius 2 is 2.16 bits per heavy atom. The molecule has 0 atom stereocenters. The number of aromatic nitrogens is 2. The van der Waals surface area contributed by atoms with Gasteiger partial charge < -0.3 is 9.84 Å². The average Bonchev–Trinajstić information content (AvgIpc) is 3.17. The van der Waals surface area contributed by atoms with Crippen LogP contribution in [-0.4, -0.2) is 28.0 Å². The van der Waals surface area contributed by atoms with E-state index in [9.17, 15) is 4.79 Å². The Morgan fingerprint density at radius 1 is 1.42 bits per heavy atom. The molecule has 1 heterocycles. The second kappa shape index (κ2) is 4.42. The maximum absolute atomic E-state index is 11.1. The lowest BCUT2D eigenvalue weighted by molar-refractivity contribution is 0.0690. The molecule has 2 aromatic rings. The molecule has 1 N–H and O–H groups in total. The first-order valence-electron chi connectivity index (χ1n) is 6.17. The van der Waals surface area contributed by atoms with Gasteiger partial charge in [0.05, 0.1) is 7.11 Å². The van der Waals surface area contributed by atoms with Crippen molar-refractivity contribution < 1.29 is 14.6 Å². The van der Waals surface area contributed by atoms with Gasteiger partial charge in [-0.1, -0.05) is 12.1 Å². The fourth-order valence-corrected chi connectivity index (χ4v) is 2.17. The molecule has 0 aliphatic heterocycles. The van der Waals surface area contributed by atoms with Crippen LogP contribution in [0.2, 0.25) is 0 Å². The number of rotatable bonds is 4. The van der Waals surface area contributed by atoms with Crippen LogP contribution in [-0.2, 0) is 0 Å². The number of methoxy groups -OCH3 is 1. The van der Waals surface area contributed by atoms with Crippen molar-refractivity contribution in [2.75, 3.05) is 7.11 Å². The molecule has 5 nitrogen and oxygen atoms in total. The fraction of sp³-hybridized carbons (Fsp3) is 0.286. The molecule has 98 valence electrons. The first-order chi connectivity index (χ1) is 9.20. The van der Waals surface area contributed by atoms with Crippen LogP contribution in [0.3, 0.4) is 0 Å². The Labute approximate surface area is 110 Å². The minimum Gasteiger partial charge on any atom is -0.494 e. The van der Waals surface area contributed by atoms with Crippen LogP contribution < -0.4 is 4.74 Å². The number of ether oxygens (including phenoxy) is 1. The molecule has 3 rings (SSSR count). The molecule has 0 unspecified atom stereocenters. The van der Waals surface area contributed by atoms with Crippen LogP contribution >= 0.6 is 0 Å². The van der Waals surface area contributed by atoms with Gasteiger partial charge in [0.2, 0.25) is 0 Å². The molecule has 1 saturated carbocycles. The highest BCUT2D eigenvalue weighted by Crippen LogP contribution is 2.41. The second-order valence-corrected chi connectivity index (χ2v) is 4.62. The Kier molecular flexibility index (Phi) is 2.74. The number of carbonyl (C=O) groups is 1. The van der Waals surface area contributed by atoms with Gasteiger partial charge in [0.1, 0.15) is 11.4 Å². The number of hydrogen-bond acceptors (Lipinski definition) is 3. The molecule has 1 aromatic carbocycles. The standard InChI is InChI=1S/C14H14N2O3/c1-19-13-5-3-2-4-11(13)16-12(9-6-7-9)8-10(15-16)14(17)18/h2-5,8-9H,6-7H2,1H3,(H,17,18). The van der Waals surface area contributed by atoms with Crippen molar-refractivity contribution in [1.82, 2.24) is 9.78 Å². The van der Waals surface area contributed by atoms with Gasteiger partial charge in [0.25, 0.3) is 0 Å². The summed E-state index contributed by atoms with van der Waals surface area (Å²) in [6, 6.07) is 9.14. The highest BCUT2D eigenvalue weighted by Gasteiger charge is 2.30. The summed E-state index contributed by atoms with van der Waals surface area (Å²) in [7, 11) is 1.59. The van der Waals surface area contributed by atoms with Crippen molar-refractivity contribution in [2.45, 2.75) is 18.8 Å². The van der Waals surface area contributed by atoms with Crippen LogP contribution in [0.1, 0.15) is 34.9 Å². The summed E-state index contributed by atoms with van der Waals surface area (Å²) in [5.74, 6) is 0.0884. The first kappa shape index (κ1) is 11.8. The van der Waals surface area contributed by atoms with E-state index in [1.54, 1.807) is 17.9 Å². The quantitative estimate of drug-likeness (QED) is 0.914. The molecule has 19 heavy (non-hydrogen) atoms. The molecule has 0 spiro atoms. The van der Waals surface area contributed by atoms with Crippen LogP contribution in [0, 0.1) is 0 Å². The van der Waals surface area contributed by atoms with E-state index in [0.717, 1.165) is 24.2 Å². The monoisotopic (exact) mass is 258 g/mol. The van der Waals surface area contributed by atoms with Gasteiger partial charge in [-0.05, 0) is 31.0 Å². The lowest BCUT2D eigenvalue weighted by atomic mass is 10.2. The lowest BCUT2D eigenvalue weighted by Gasteiger charge is -2.10. The highest BCUT2D eigenvalue weighted by atomic mass is 16.5. The van der Waals surface area contributed by atoms with E-state index in [2.05, 4.69) is 5.10 Å². The maximum Gasteiger partial charge on any atom is 0.356 e. The van der Waals surface area contributed by atoms with Crippen molar-refractivity contribution in [3.05, 3.63) is 41.7 Å². The van der Waals surface area contributed by atoms with E-state index in [0.29, 0.717) is 11.7 Å². The van der Waals surface area contributed by atoms with E-state index in [4.69, 9.17) is 9.84 Å². The molecule has 5 heteroatoms. The van der Waals surface area contributed by atoms with Crippen molar-refractivity contribution in [1.29, 1.82) is 0 Å². The number of benzene rings is 1. The number of hydrogen-bond donors (Lipinski definition) is 1. The minimum absolute atomic E-state index is 0.0767. The molecule has 1 fully saturated rings. The van der Waals surface area contributed by atoms with Crippen molar-refractivity contribution in [2.24, 2.45) is 0 Å². The van der Waals surface area contributed by atoms with Gasteiger partial charge in [-0.3, -0.25) is 0 Å². The Balaban J connectivity index is 2.15. The number of carboxylic acid groups (broad SMARTS) is 1. The summed E-state index contributed by atoms with van der Waals surface area (Å²) in [6.07, 6.45) is 2.17. The summed E-state index contributed by atoms with van der Waals surface area (Å²) in [4.78, 5) is 11.1. The molecule has 0 radical (unpaired) electrons. The van der Waals surface area contributed by atoms with Gasteiger partial charge in [0, 0.05) is 11.6 Å². The summed E-state index contributed by atoms with van der Waals surface area (Å²) in [6.45, 7) is 0. The van der Waals surface area contributed by atoms with Gasteiger partial charge in [-0.2, -0.15) is 5.10 Å².